The van der Waals surface area contributed by atoms with Crippen LogP contribution in [-0.4, -0.2) is 44.4 Å². The molecule has 1 aliphatic heterocycles. The Bertz CT molecular complexity index is 685. The zero-order chi connectivity index (χ0) is 17.7. The summed E-state index contributed by atoms with van der Waals surface area (Å²) < 4.78 is 32.0. The maximum Gasteiger partial charge on any atom is 0.258 e. The molecule has 2 rings (SSSR count). The highest BCUT2D eigenvalue weighted by molar-refractivity contribution is 7.89. The molecule has 0 radical (unpaired) electrons. The Balaban J connectivity index is 2.07. The number of hydrogen-bond donors (Lipinski definition) is 1. The SMILES string of the molecule is CC(C)NC(=O)COc1ccc(S(=O)(=O)N2CCCCC2)cc1Cl. The van der Waals surface area contributed by atoms with Crippen LogP contribution < -0.4 is 10.1 Å². The summed E-state index contributed by atoms with van der Waals surface area (Å²) in [6, 6.07) is 4.35. The van der Waals surface area contributed by atoms with Crippen molar-refractivity contribution >= 4 is 27.5 Å². The minimum Gasteiger partial charge on any atom is -0.482 e. The number of piperidine rings is 1. The van der Waals surface area contributed by atoms with Gasteiger partial charge in [0.15, 0.2) is 6.61 Å². The van der Waals surface area contributed by atoms with E-state index in [9.17, 15) is 13.2 Å². The monoisotopic (exact) mass is 374 g/mol. The molecule has 8 heteroatoms. The fraction of sp³-hybridized carbons (Fsp3) is 0.562. The molecule has 1 aromatic carbocycles. The maximum atomic E-state index is 12.6. The second-order valence-electron chi connectivity index (χ2n) is 6.07. The minimum absolute atomic E-state index is 0.0219. The number of carbonyl (C=O) groups excluding carboxylic acids is 1. The highest BCUT2D eigenvalue weighted by Gasteiger charge is 2.26. The summed E-state index contributed by atoms with van der Waals surface area (Å²) in [5, 5.41) is 2.87. The van der Waals surface area contributed by atoms with Crippen molar-refractivity contribution in [2.24, 2.45) is 0 Å². The van der Waals surface area contributed by atoms with Gasteiger partial charge in [-0.2, -0.15) is 4.31 Å². The van der Waals surface area contributed by atoms with Crippen LogP contribution in [0.5, 0.6) is 5.75 Å². The molecule has 1 saturated heterocycles. The lowest BCUT2D eigenvalue weighted by atomic mass is 10.2. The van der Waals surface area contributed by atoms with E-state index in [-0.39, 0.29) is 34.2 Å². The summed E-state index contributed by atoms with van der Waals surface area (Å²) >= 11 is 6.12. The zero-order valence-electron chi connectivity index (χ0n) is 13.9. The summed E-state index contributed by atoms with van der Waals surface area (Å²) in [7, 11) is -3.53. The number of hydrogen-bond acceptors (Lipinski definition) is 4. The standard InChI is InChI=1S/C16H23ClN2O4S/c1-12(2)18-16(20)11-23-15-7-6-13(10-14(15)17)24(21,22)19-8-4-3-5-9-19/h6-7,10,12H,3-5,8-9,11H2,1-2H3,(H,18,20). The van der Waals surface area contributed by atoms with E-state index in [0.29, 0.717) is 13.1 Å². The number of amides is 1. The van der Waals surface area contributed by atoms with Gasteiger partial charge in [0.05, 0.1) is 9.92 Å². The molecular weight excluding hydrogens is 352 g/mol. The topological polar surface area (TPSA) is 75.7 Å². The summed E-state index contributed by atoms with van der Waals surface area (Å²) in [5.74, 6) is 0.0271. The highest BCUT2D eigenvalue weighted by atomic mass is 35.5. The minimum atomic E-state index is -3.53. The molecule has 1 fully saturated rings. The van der Waals surface area contributed by atoms with E-state index in [1.54, 1.807) is 0 Å². The molecule has 1 aromatic rings. The number of ether oxygens (including phenoxy) is 1. The van der Waals surface area contributed by atoms with Gasteiger partial charge in [-0.05, 0) is 44.9 Å². The second kappa shape index (κ2) is 8.18. The van der Waals surface area contributed by atoms with Crippen LogP contribution in [-0.2, 0) is 14.8 Å². The van der Waals surface area contributed by atoms with Gasteiger partial charge in [-0.15, -0.1) is 0 Å². The van der Waals surface area contributed by atoms with Gasteiger partial charge in [-0.3, -0.25) is 4.79 Å². The van der Waals surface area contributed by atoms with Gasteiger partial charge in [0, 0.05) is 19.1 Å². The van der Waals surface area contributed by atoms with Gasteiger partial charge in [-0.1, -0.05) is 18.0 Å². The number of halogens is 1. The van der Waals surface area contributed by atoms with E-state index in [4.69, 9.17) is 16.3 Å². The normalized spacial score (nSPS) is 16.2. The van der Waals surface area contributed by atoms with E-state index in [0.717, 1.165) is 19.3 Å². The number of carbonyl (C=O) groups is 1. The Morgan fingerprint density at radius 2 is 1.96 bits per heavy atom. The van der Waals surface area contributed by atoms with Crippen molar-refractivity contribution in [3.63, 3.8) is 0 Å². The molecule has 0 atom stereocenters. The van der Waals surface area contributed by atoms with E-state index >= 15 is 0 Å². The molecule has 0 unspecified atom stereocenters. The lowest BCUT2D eigenvalue weighted by Crippen LogP contribution is -2.35. The quantitative estimate of drug-likeness (QED) is 0.829. The number of nitrogens with zero attached hydrogens (tertiary/aromatic N) is 1. The van der Waals surface area contributed by atoms with Crippen molar-refractivity contribution in [1.82, 2.24) is 9.62 Å². The molecule has 134 valence electrons. The third-order valence-corrected chi connectivity index (χ3v) is 5.85. The number of rotatable bonds is 6. The molecule has 0 bridgehead atoms. The second-order valence-corrected chi connectivity index (χ2v) is 8.41. The first-order valence-corrected chi connectivity index (χ1v) is 9.84. The van der Waals surface area contributed by atoms with E-state index in [1.165, 1.54) is 22.5 Å². The highest BCUT2D eigenvalue weighted by Crippen LogP contribution is 2.29. The van der Waals surface area contributed by atoms with Crippen LogP contribution in [0.1, 0.15) is 33.1 Å². The van der Waals surface area contributed by atoms with Crippen LogP contribution in [0.3, 0.4) is 0 Å². The molecule has 0 aliphatic carbocycles. The third kappa shape index (κ3) is 4.84. The fourth-order valence-corrected chi connectivity index (χ4v) is 4.36. The van der Waals surface area contributed by atoms with Crippen LogP contribution in [0.15, 0.2) is 23.1 Å². The van der Waals surface area contributed by atoms with Crippen LogP contribution in [0.4, 0.5) is 0 Å². The van der Waals surface area contributed by atoms with E-state index < -0.39 is 10.0 Å². The van der Waals surface area contributed by atoms with Gasteiger partial charge in [-0.25, -0.2) is 8.42 Å². The molecular formula is C16H23ClN2O4S. The van der Waals surface area contributed by atoms with Gasteiger partial charge in [0.2, 0.25) is 10.0 Å². The number of benzene rings is 1. The maximum absolute atomic E-state index is 12.6. The summed E-state index contributed by atoms with van der Waals surface area (Å²) in [6.07, 6.45) is 2.80. The Morgan fingerprint density at radius 1 is 1.29 bits per heavy atom. The summed E-state index contributed by atoms with van der Waals surface area (Å²) in [5.41, 5.74) is 0. The molecule has 1 N–H and O–H groups in total. The van der Waals surface area contributed by atoms with Gasteiger partial charge in [0.25, 0.3) is 5.91 Å². The van der Waals surface area contributed by atoms with Crippen molar-refractivity contribution in [2.75, 3.05) is 19.7 Å². The first kappa shape index (κ1) is 19.0. The predicted molar refractivity (Wildman–Crippen MR) is 92.8 cm³/mol. The van der Waals surface area contributed by atoms with Gasteiger partial charge in [0.1, 0.15) is 5.75 Å². The molecule has 0 saturated carbocycles. The van der Waals surface area contributed by atoms with Crippen molar-refractivity contribution in [3.05, 3.63) is 23.2 Å². The molecule has 24 heavy (non-hydrogen) atoms. The van der Waals surface area contributed by atoms with E-state index in [1.807, 2.05) is 13.8 Å². The Kier molecular flexibility index (Phi) is 6.48. The average Bonchev–Trinajstić information content (AvgIpc) is 2.53. The van der Waals surface area contributed by atoms with Crippen molar-refractivity contribution < 1.29 is 17.9 Å². The third-order valence-electron chi connectivity index (χ3n) is 3.66. The lowest BCUT2D eigenvalue weighted by Gasteiger charge is -2.26. The molecule has 1 heterocycles. The van der Waals surface area contributed by atoms with Crippen LogP contribution in [0, 0.1) is 0 Å². The molecule has 6 nitrogen and oxygen atoms in total. The van der Waals surface area contributed by atoms with Crippen molar-refractivity contribution in [2.45, 2.75) is 44.0 Å². The molecule has 0 aromatic heterocycles. The molecule has 1 aliphatic rings. The first-order chi connectivity index (χ1) is 11.3. The van der Waals surface area contributed by atoms with E-state index in [2.05, 4.69) is 5.32 Å². The number of sulfonamides is 1. The predicted octanol–water partition coefficient (Wildman–Crippen LogP) is 2.42. The fourth-order valence-electron chi connectivity index (χ4n) is 2.52. The average molecular weight is 375 g/mol. The van der Waals surface area contributed by atoms with Gasteiger partial charge < -0.3 is 10.1 Å². The largest absolute Gasteiger partial charge is 0.482 e. The van der Waals surface area contributed by atoms with Crippen molar-refractivity contribution in [1.29, 1.82) is 0 Å². The van der Waals surface area contributed by atoms with Crippen molar-refractivity contribution in [3.8, 4) is 5.75 Å². The smallest absolute Gasteiger partial charge is 0.258 e. The Morgan fingerprint density at radius 3 is 2.54 bits per heavy atom. The zero-order valence-corrected chi connectivity index (χ0v) is 15.5. The van der Waals surface area contributed by atoms with Crippen LogP contribution >= 0.6 is 11.6 Å². The first-order valence-electron chi connectivity index (χ1n) is 8.02. The Hall–Kier alpha value is -1.31. The van der Waals surface area contributed by atoms with Gasteiger partial charge >= 0.3 is 0 Å². The molecule has 0 spiro atoms. The molecule has 1 amide bonds. The lowest BCUT2D eigenvalue weighted by molar-refractivity contribution is -0.123. The Labute approximate surface area is 148 Å². The summed E-state index contributed by atoms with van der Waals surface area (Å²) in [6.45, 7) is 4.60. The van der Waals surface area contributed by atoms with Crippen LogP contribution in [0.2, 0.25) is 5.02 Å². The summed E-state index contributed by atoms with van der Waals surface area (Å²) in [4.78, 5) is 11.7. The van der Waals surface area contributed by atoms with Crippen LogP contribution in [0.25, 0.3) is 0 Å². The number of nitrogens with one attached hydrogen (secondary N) is 1.